The van der Waals surface area contributed by atoms with Gasteiger partial charge in [0.05, 0.1) is 43.4 Å². The van der Waals surface area contributed by atoms with E-state index in [1.807, 2.05) is 32.9 Å². The Labute approximate surface area is 319 Å². The molecule has 1 aliphatic rings. The number of benzene rings is 4. The third-order valence-corrected chi connectivity index (χ3v) is 9.55. The second-order valence-electron chi connectivity index (χ2n) is 12.2. The minimum Gasteiger partial charge on any atom is -0.340 e. The number of nitrogens with zero attached hydrogens (tertiary/aromatic N) is 6. The lowest BCUT2D eigenvalue weighted by molar-refractivity contribution is -0.385. The van der Waals surface area contributed by atoms with Crippen molar-refractivity contribution in [2.24, 2.45) is 0 Å². The second kappa shape index (κ2) is 17.7. The van der Waals surface area contributed by atoms with Gasteiger partial charge >= 0.3 is 0 Å². The van der Waals surface area contributed by atoms with Crippen molar-refractivity contribution < 1.29 is 24.1 Å². The zero-order chi connectivity index (χ0) is 38.9. The summed E-state index contributed by atoms with van der Waals surface area (Å²) in [7, 11) is 0. The molecule has 7 rings (SSSR count). The molecule has 0 spiro atoms. The molecule has 4 aromatic carbocycles. The highest BCUT2D eigenvalue weighted by Gasteiger charge is 2.21. The van der Waals surface area contributed by atoms with Crippen molar-refractivity contribution in [3.63, 3.8) is 0 Å². The summed E-state index contributed by atoms with van der Waals surface area (Å²) in [6, 6.07) is 27.5. The van der Waals surface area contributed by atoms with Crippen LogP contribution < -0.4 is 0 Å². The van der Waals surface area contributed by atoms with E-state index in [9.17, 15) is 30.8 Å². The molecule has 1 saturated heterocycles. The van der Waals surface area contributed by atoms with Crippen LogP contribution in [0.4, 0.5) is 11.4 Å². The molecule has 2 aromatic heterocycles. The van der Waals surface area contributed by atoms with E-state index >= 15 is 0 Å². The van der Waals surface area contributed by atoms with E-state index in [0.29, 0.717) is 44.6 Å². The van der Waals surface area contributed by atoms with Crippen LogP contribution in [-0.4, -0.2) is 39.4 Å². The van der Waals surface area contributed by atoms with Crippen molar-refractivity contribution in [3.05, 3.63) is 127 Å². The number of nitriles is 2. The molecule has 13 nitrogen and oxygen atoms in total. The minimum atomic E-state index is -0.423. The maximum absolute atomic E-state index is 10.9. The van der Waals surface area contributed by atoms with Crippen molar-refractivity contribution in [1.82, 2.24) is 9.13 Å². The zero-order valence-electron chi connectivity index (χ0n) is 30.2. The van der Waals surface area contributed by atoms with Gasteiger partial charge in [0.1, 0.15) is 12.1 Å². The molecular formula is C40H37BrN6O7. The summed E-state index contributed by atoms with van der Waals surface area (Å²) in [4.78, 5) is 20.9. The normalized spacial score (nSPS) is 12.2. The van der Waals surface area contributed by atoms with E-state index in [0.717, 1.165) is 66.3 Å². The predicted octanol–water partition coefficient (Wildman–Crippen LogP) is 9.65. The number of nitro groups is 2. The van der Waals surface area contributed by atoms with Gasteiger partial charge in [0.25, 0.3) is 11.4 Å². The third kappa shape index (κ3) is 8.17. The zero-order valence-corrected chi connectivity index (χ0v) is 31.8. The summed E-state index contributed by atoms with van der Waals surface area (Å²) in [5.74, 6) is 0. The van der Waals surface area contributed by atoms with Gasteiger partial charge in [0, 0.05) is 64.6 Å². The lowest BCUT2D eigenvalue weighted by atomic mass is 10.0. The Morgan fingerprint density at radius 2 is 1.13 bits per heavy atom. The van der Waals surface area contributed by atoms with Crippen LogP contribution in [0.2, 0.25) is 0 Å². The highest BCUT2D eigenvalue weighted by Crippen LogP contribution is 2.37. The highest BCUT2D eigenvalue weighted by atomic mass is 79.9. The summed E-state index contributed by atoms with van der Waals surface area (Å²) in [6.45, 7) is 10.7. The fourth-order valence-corrected chi connectivity index (χ4v) is 7.00. The molecule has 1 aliphatic heterocycles. The molecule has 0 aliphatic carbocycles. The van der Waals surface area contributed by atoms with Gasteiger partial charge in [-0.1, -0.05) is 28.1 Å². The van der Waals surface area contributed by atoms with Crippen LogP contribution in [0.25, 0.3) is 44.3 Å². The first-order valence-corrected chi connectivity index (χ1v) is 18.1. The number of nitro benzene ring substituents is 2. The Bertz CT molecular complexity index is 2390. The largest absolute Gasteiger partial charge is 0.340 e. The molecule has 6 aromatic rings. The number of halogens is 1. The number of hydrogen-bond donors (Lipinski definition) is 0. The number of hydrogen-bond acceptors (Lipinski definition) is 9. The van der Waals surface area contributed by atoms with Crippen molar-refractivity contribution in [3.8, 4) is 34.7 Å². The van der Waals surface area contributed by atoms with E-state index in [1.54, 1.807) is 24.3 Å². The molecular weight excluding hydrogens is 756 g/mol. The van der Waals surface area contributed by atoms with Gasteiger partial charge in [0.15, 0.2) is 20.4 Å². The maximum atomic E-state index is 10.9. The van der Waals surface area contributed by atoms with Crippen molar-refractivity contribution in [2.45, 2.75) is 46.1 Å². The van der Waals surface area contributed by atoms with Crippen LogP contribution in [0, 0.1) is 56.7 Å². The molecule has 0 N–H and O–H groups in total. The third-order valence-electron chi connectivity index (χ3n) is 8.94. The van der Waals surface area contributed by atoms with Crippen LogP contribution in [-0.2, 0) is 32.6 Å². The molecule has 14 heteroatoms. The predicted molar refractivity (Wildman–Crippen MR) is 209 cm³/mol. The number of ether oxygens (including phenoxy) is 3. The first-order chi connectivity index (χ1) is 26.1. The smallest absolute Gasteiger partial charge is 0.269 e. The molecule has 54 heavy (non-hydrogen) atoms. The molecule has 0 bridgehead atoms. The maximum Gasteiger partial charge on any atom is 0.269 e. The van der Waals surface area contributed by atoms with Crippen LogP contribution in [0.1, 0.15) is 41.7 Å². The standard InChI is InChI=1S/C19H16BrN3O2.C18H15N3O2.C3H6O3/c1-3-22-18-8-12(2)14(10-20)9-16(18)17(11-21)19(22)13-4-6-15(7-5-13)23(24)25;1-3-20-17-10-12(2)4-9-15(17)16(11-19)18(20)13-5-7-14(8-6-13)21(22)23;1-4-2-6-3-5-1/h4-9H,3,10H2,1-2H3;4-10H,3H2,1-2H3;1-3H2. The number of aryl methyl sites for hydroxylation is 4. The molecule has 276 valence electrons. The lowest BCUT2D eigenvalue weighted by Gasteiger charge is -2.10. The number of aromatic nitrogens is 2. The summed E-state index contributed by atoms with van der Waals surface area (Å²) in [5, 5.41) is 43.7. The van der Waals surface area contributed by atoms with Crippen LogP contribution in [0.5, 0.6) is 0 Å². The molecule has 3 heterocycles. The van der Waals surface area contributed by atoms with Gasteiger partial charge in [-0.2, -0.15) is 10.5 Å². The van der Waals surface area contributed by atoms with E-state index in [-0.39, 0.29) is 11.4 Å². The SMILES string of the molecule is C1OCOCO1.CCn1c(-c2ccc([N+](=O)[O-])cc2)c(C#N)c2cc(CBr)c(C)cc21.CCn1c(-c2ccc([N+](=O)[O-])cc2)c(C#N)c2ccc(C)cc21. The van der Waals surface area contributed by atoms with Gasteiger partial charge in [-0.05, 0) is 86.8 Å². The van der Waals surface area contributed by atoms with Gasteiger partial charge < -0.3 is 23.3 Å². The Kier molecular flexibility index (Phi) is 12.9. The first-order valence-electron chi connectivity index (χ1n) is 17.0. The Hall–Kier alpha value is -5.90. The van der Waals surface area contributed by atoms with Gasteiger partial charge in [-0.25, -0.2) is 0 Å². The average molecular weight is 794 g/mol. The summed E-state index contributed by atoms with van der Waals surface area (Å²) < 4.78 is 18.1. The van der Waals surface area contributed by atoms with Crippen molar-refractivity contribution in [2.75, 3.05) is 20.4 Å². The minimum absolute atomic E-state index is 0.0406. The van der Waals surface area contributed by atoms with Crippen LogP contribution in [0.3, 0.4) is 0 Å². The highest BCUT2D eigenvalue weighted by molar-refractivity contribution is 9.08. The molecule has 0 saturated carbocycles. The summed E-state index contributed by atoms with van der Waals surface area (Å²) >= 11 is 3.50. The summed E-state index contributed by atoms with van der Waals surface area (Å²) in [5.41, 5.74) is 9.98. The molecule has 0 unspecified atom stereocenters. The monoisotopic (exact) mass is 792 g/mol. The fraction of sp³-hybridized carbons (Fsp3) is 0.250. The quantitative estimate of drug-likeness (QED) is 0.0867. The van der Waals surface area contributed by atoms with Crippen molar-refractivity contribution >= 4 is 49.1 Å². The van der Waals surface area contributed by atoms with Crippen LogP contribution in [0.15, 0.2) is 78.9 Å². The molecule has 0 atom stereocenters. The number of rotatable bonds is 7. The molecule has 0 amide bonds. The van der Waals surface area contributed by atoms with Gasteiger partial charge in [-0.15, -0.1) is 0 Å². The van der Waals surface area contributed by atoms with Gasteiger partial charge in [-0.3, -0.25) is 20.2 Å². The summed E-state index contributed by atoms with van der Waals surface area (Å²) in [6.07, 6.45) is 0. The van der Waals surface area contributed by atoms with Gasteiger partial charge in [0.2, 0.25) is 0 Å². The number of fused-ring (bicyclic) bond motifs is 2. The lowest BCUT2D eigenvalue weighted by Crippen LogP contribution is -2.14. The van der Waals surface area contributed by atoms with E-state index in [2.05, 4.69) is 76.5 Å². The van der Waals surface area contributed by atoms with E-state index in [4.69, 9.17) is 0 Å². The van der Waals surface area contributed by atoms with Crippen molar-refractivity contribution in [1.29, 1.82) is 10.5 Å². The Balaban J connectivity index is 0.000000180. The fourth-order valence-electron chi connectivity index (χ4n) is 6.39. The Morgan fingerprint density at radius 3 is 1.52 bits per heavy atom. The van der Waals surface area contributed by atoms with E-state index < -0.39 is 9.85 Å². The number of alkyl halides is 1. The topological polar surface area (TPSA) is 171 Å². The molecule has 1 fully saturated rings. The Morgan fingerprint density at radius 1 is 0.685 bits per heavy atom. The molecule has 0 radical (unpaired) electrons. The van der Waals surface area contributed by atoms with Crippen LogP contribution >= 0.6 is 15.9 Å². The second-order valence-corrected chi connectivity index (χ2v) is 12.7. The number of non-ortho nitro benzene ring substituents is 2. The first kappa shape index (κ1) is 39.3. The van der Waals surface area contributed by atoms with E-state index in [1.165, 1.54) is 24.3 Å². The average Bonchev–Trinajstić information content (AvgIpc) is 3.69.